The first-order valence-corrected chi connectivity index (χ1v) is 5.88. The van der Waals surface area contributed by atoms with Crippen LogP contribution in [0.15, 0.2) is 30.3 Å². The smallest absolute Gasteiger partial charge is 0.127 e. The first kappa shape index (κ1) is 12.0. The lowest BCUT2D eigenvalue weighted by Crippen LogP contribution is -1.99. The molecular formula is C14H20O. The Labute approximate surface area is 92.5 Å². The van der Waals surface area contributed by atoms with Gasteiger partial charge in [0.25, 0.3) is 0 Å². The highest BCUT2D eigenvalue weighted by Crippen LogP contribution is 2.20. The molecule has 1 aromatic rings. The number of aldehydes is 1. The van der Waals surface area contributed by atoms with E-state index in [0.29, 0.717) is 0 Å². The van der Waals surface area contributed by atoms with Crippen molar-refractivity contribution in [3.8, 4) is 0 Å². The minimum atomic E-state index is 0.100. The Bertz CT molecular complexity index is 266. The molecule has 0 aliphatic rings. The van der Waals surface area contributed by atoms with E-state index in [1.54, 1.807) is 0 Å². The highest BCUT2D eigenvalue weighted by molar-refractivity contribution is 5.61. The highest BCUT2D eigenvalue weighted by Gasteiger charge is 2.08. The summed E-state index contributed by atoms with van der Waals surface area (Å²) in [6, 6.07) is 10.1. The highest BCUT2D eigenvalue weighted by atomic mass is 16.1. The van der Waals surface area contributed by atoms with Gasteiger partial charge in [-0.25, -0.2) is 0 Å². The molecule has 1 atom stereocenters. The fourth-order valence-corrected chi connectivity index (χ4v) is 1.80. The first-order valence-electron chi connectivity index (χ1n) is 5.88. The van der Waals surface area contributed by atoms with E-state index in [9.17, 15) is 4.79 Å². The van der Waals surface area contributed by atoms with E-state index in [1.165, 1.54) is 19.3 Å². The maximum atomic E-state index is 11.0. The number of unbranched alkanes of at least 4 members (excludes halogenated alkanes) is 3. The molecule has 0 bridgehead atoms. The minimum absolute atomic E-state index is 0.100. The summed E-state index contributed by atoms with van der Waals surface area (Å²) in [5.41, 5.74) is 1.16. The third-order valence-corrected chi connectivity index (χ3v) is 2.76. The molecule has 0 saturated carbocycles. The molecular weight excluding hydrogens is 184 g/mol. The lowest BCUT2D eigenvalue weighted by atomic mass is 9.94. The second-order valence-corrected chi connectivity index (χ2v) is 4.00. The average Bonchev–Trinajstić information content (AvgIpc) is 2.30. The van der Waals surface area contributed by atoms with Crippen LogP contribution < -0.4 is 0 Å². The molecule has 1 aromatic carbocycles. The van der Waals surface area contributed by atoms with Crippen molar-refractivity contribution in [2.45, 2.75) is 44.9 Å². The van der Waals surface area contributed by atoms with Gasteiger partial charge in [-0.1, -0.05) is 62.9 Å². The largest absolute Gasteiger partial charge is 0.303 e. The normalized spacial score (nSPS) is 12.3. The third kappa shape index (κ3) is 4.28. The molecule has 1 nitrogen and oxygen atoms in total. The average molecular weight is 204 g/mol. The zero-order valence-corrected chi connectivity index (χ0v) is 9.49. The Morgan fingerprint density at radius 3 is 2.47 bits per heavy atom. The topological polar surface area (TPSA) is 17.1 Å². The van der Waals surface area contributed by atoms with Crippen LogP contribution in [0.25, 0.3) is 0 Å². The third-order valence-electron chi connectivity index (χ3n) is 2.76. The molecule has 0 N–H and O–H groups in total. The van der Waals surface area contributed by atoms with Gasteiger partial charge in [0, 0.05) is 5.92 Å². The molecule has 0 radical (unpaired) electrons. The van der Waals surface area contributed by atoms with E-state index in [2.05, 4.69) is 6.92 Å². The summed E-state index contributed by atoms with van der Waals surface area (Å²) in [5, 5.41) is 0. The lowest BCUT2D eigenvalue weighted by Gasteiger charge is -2.09. The molecule has 0 saturated heterocycles. The number of rotatable bonds is 7. The summed E-state index contributed by atoms with van der Waals surface area (Å²) in [4.78, 5) is 11.0. The monoisotopic (exact) mass is 204 g/mol. The maximum Gasteiger partial charge on any atom is 0.127 e. The molecule has 0 spiro atoms. The maximum absolute atomic E-state index is 11.0. The Morgan fingerprint density at radius 2 is 1.87 bits per heavy atom. The van der Waals surface area contributed by atoms with Gasteiger partial charge in [-0.3, -0.25) is 0 Å². The Balaban J connectivity index is 2.39. The quantitative estimate of drug-likeness (QED) is 0.485. The van der Waals surface area contributed by atoms with Crippen LogP contribution in [-0.4, -0.2) is 6.29 Å². The SMILES string of the molecule is CCCCCCC(C=O)c1ccccc1. The summed E-state index contributed by atoms with van der Waals surface area (Å²) >= 11 is 0. The van der Waals surface area contributed by atoms with Gasteiger partial charge in [0.1, 0.15) is 6.29 Å². The Hall–Kier alpha value is -1.11. The van der Waals surface area contributed by atoms with Crippen molar-refractivity contribution in [1.29, 1.82) is 0 Å². The molecule has 15 heavy (non-hydrogen) atoms. The van der Waals surface area contributed by atoms with E-state index in [-0.39, 0.29) is 5.92 Å². The predicted molar refractivity (Wildman–Crippen MR) is 64.0 cm³/mol. The van der Waals surface area contributed by atoms with Gasteiger partial charge >= 0.3 is 0 Å². The molecule has 1 unspecified atom stereocenters. The van der Waals surface area contributed by atoms with Crippen molar-refractivity contribution in [3.63, 3.8) is 0 Å². The molecule has 0 heterocycles. The fourth-order valence-electron chi connectivity index (χ4n) is 1.80. The molecule has 0 amide bonds. The Morgan fingerprint density at radius 1 is 1.13 bits per heavy atom. The van der Waals surface area contributed by atoms with Crippen LogP contribution >= 0.6 is 0 Å². The van der Waals surface area contributed by atoms with Crippen LogP contribution in [0.5, 0.6) is 0 Å². The molecule has 0 aromatic heterocycles. The molecule has 82 valence electrons. The van der Waals surface area contributed by atoms with Crippen molar-refractivity contribution in [3.05, 3.63) is 35.9 Å². The number of hydrogen-bond donors (Lipinski definition) is 0. The van der Waals surface area contributed by atoms with Crippen molar-refractivity contribution >= 4 is 6.29 Å². The van der Waals surface area contributed by atoms with Gasteiger partial charge in [0.05, 0.1) is 0 Å². The fraction of sp³-hybridized carbons (Fsp3) is 0.500. The van der Waals surface area contributed by atoms with Gasteiger partial charge < -0.3 is 4.79 Å². The minimum Gasteiger partial charge on any atom is -0.303 e. The summed E-state index contributed by atoms with van der Waals surface area (Å²) in [5.74, 6) is 0.100. The molecule has 1 rings (SSSR count). The second-order valence-electron chi connectivity index (χ2n) is 4.00. The van der Waals surface area contributed by atoms with Gasteiger partial charge in [-0.05, 0) is 12.0 Å². The molecule has 0 aliphatic carbocycles. The molecule has 0 fully saturated rings. The van der Waals surface area contributed by atoms with E-state index < -0.39 is 0 Å². The van der Waals surface area contributed by atoms with E-state index in [4.69, 9.17) is 0 Å². The number of benzene rings is 1. The zero-order valence-electron chi connectivity index (χ0n) is 9.49. The summed E-state index contributed by atoms with van der Waals surface area (Å²) in [6.07, 6.45) is 7.01. The van der Waals surface area contributed by atoms with Crippen molar-refractivity contribution in [2.75, 3.05) is 0 Å². The summed E-state index contributed by atoms with van der Waals surface area (Å²) < 4.78 is 0. The van der Waals surface area contributed by atoms with Crippen molar-refractivity contribution in [1.82, 2.24) is 0 Å². The zero-order chi connectivity index (χ0) is 10.9. The van der Waals surface area contributed by atoms with Crippen LogP contribution in [-0.2, 0) is 4.79 Å². The second kappa shape index (κ2) is 7.22. The summed E-state index contributed by atoms with van der Waals surface area (Å²) in [7, 11) is 0. The van der Waals surface area contributed by atoms with Crippen molar-refractivity contribution in [2.24, 2.45) is 0 Å². The van der Waals surface area contributed by atoms with Crippen molar-refractivity contribution < 1.29 is 4.79 Å². The molecule has 1 heteroatoms. The van der Waals surface area contributed by atoms with Crippen LogP contribution in [0.2, 0.25) is 0 Å². The van der Waals surface area contributed by atoms with Crippen LogP contribution in [0.1, 0.15) is 50.5 Å². The first-order chi connectivity index (χ1) is 7.38. The van der Waals surface area contributed by atoms with Gasteiger partial charge in [-0.15, -0.1) is 0 Å². The molecule has 0 aliphatic heterocycles. The van der Waals surface area contributed by atoms with Gasteiger partial charge in [0.2, 0.25) is 0 Å². The predicted octanol–water partition coefficient (Wildman–Crippen LogP) is 3.94. The number of hydrogen-bond acceptors (Lipinski definition) is 1. The van der Waals surface area contributed by atoms with E-state index in [0.717, 1.165) is 24.7 Å². The van der Waals surface area contributed by atoms with Gasteiger partial charge in [0.15, 0.2) is 0 Å². The van der Waals surface area contributed by atoms with Crippen LogP contribution in [0, 0.1) is 0 Å². The number of carbonyl (C=O) groups is 1. The Kier molecular flexibility index (Phi) is 5.76. The van der Waals surface area contributed by atoms with Crippen LogP contribution in [0.3, 0.4) is 0 Å². The standard InChI is InChI=1S/C14H20O/c1-2-3-4-6-11-14(12-15)13-9-7-5-8-10-13/h5,7-10,12,14H,2-4,6,11H2,1H3. The number of carbonyl (C=O) groups excluding carboxylic acids is 1. The van der Waals surface area contributed by atoms with Crippen LogP contribution in [0.4, 0.5) is 0 Å². The van der Waals surface area contributed by atoms with E-state index in [1.807, 2.05) is 30.3 Å². The summed E-state index contributed by atoms with van der Waals surface area (Å²) in [6.45, 7) is 2.20. The van der Waals surface area contributed by atoms with E-state index >= 15 is 0 Å². The van der Waals surface area contributed by atoms with Gasteiger partial charge in [-0.2, -0.15) is 0 Å². The lowest BCUT2D eigenvalue weighted by molar-refractivity contribution is -0.109.